The maximum absolute atomic E-state index is 14.1. The van der Waals surface area contributed by atoms with Gasteiger partial charge < -0.3 is 9.88 Å². The minimum absolute atomic E-state index is 0.0308. The van der Waals surface area contributed by atoms with Crippen LogP contribution >= 0.6 is 11.6 Å². The van der Waals surface area contributed by atoms with E-state index in [2.05, 4.69) is 15.6 Å². The molecule has 4 rings (SSSR count). The average Bonchev–Trinajstić information content (AvgIpc) is 3.40. The van der Waals surface area contributed by atoms with Gasteiger partial charge in [-0.3, -0.25) is 19.8 Å². The van der Waals surface area contributed by atoms with Gasteiger partial charge in [-0.1, -0.05) is 18.5 Å². The second kappa shape index (κ2) is 10.1. The molecule has 0 saturated carbocycles. The van der Waals surface area contributed by atoms with Gasteiger partial charge >= 0.3 is 6.03 Å². The van der Waals surface area contributed by atoms with Crippen molar-refractivity contribution < 1.29 is 23.2 Å². The number of nitrogens with one attached hydrogen (secondary N) is 2. The minimum Gasteiger partial charge on any atom is -0.352 e. The molecule has 0 spiro atoms. The Balaban J connectivity index is 1.81. The van der Waals surface area contributed by atoms with E-state index in [1.54, 1.807) is 6.92 Å². The van der Waals surface area contributed by atoms with Gasteiger partial charge in [0.2, 0.25) is 5.82 Å². The van der Waals surface area contributed by atoms with Crippen LogP contribution in [0.4, 0.5) is 25.1 Å². The predicted octanol–water partition coefficient (Wildman–Crippen LogP) is 4.51. The summed E-state index contributed by atoms with van der Waals surface area (Å²) in [6.07, 6.45) is 0.477. The molecule has 0 fully saturated rings. The molecule has 11 heteroatoms. The number of nitrogens with zero attached hydrogens (tertiary/aromatic N) is 3. The van der Waals surface area contributed by atoms with Gasteiger partial charge in [-0.25, -0.2) is 18.6 Å². The summed E-state index contributed by atoms with van der Waals surface area (Å²) in [5, 5.41) is 5.49. The summed E-state index contributed by atoms with van der Waals surface area (Å²) in [6.45, 7) is 3.19. The van der Waals surface area contributed by atoms with E-state index in [0.717, 1.165) is 0 Å². The first-order valence-electron chi connectivity index (χ1n) is 11.2. The van der Waals surface area contributed by atoms with E-state index in [1.165, 1.54) is 59.8 Å². The van der Waals surface area contributed by atoms with E-state index in [4.69, 9.17) is 11.6 Å². The zero-order valence-electron chi connectivity index (χ0n) is 19.9. The van der Waals surface area contributed by atoms with Crippen LogP contribution in [0.2, 0.25) is 5.02 Å². The molecule has 2 heterocycles. The van der Waals surface area contributed by atoms with Gasteiger partial charge in [0, 0.05) is 30.2 Å². The number of rotatable bonds is 6. The number of fused-ring (bicyclic) bond motifs is 1. The first kappa shape index (κ1) is 25.3. The number of hydrogen-bond acceptors (Lipinski definition) is 4. The number of anilines is 2. The molecular formula is C25H24ClF2N5O3. The van der Waals surface area contributed by atoms with Crippen molar-refractivity contribution in [1.82, 2.24) is 14.9 Å². The molecule has 0 aliphatic carbocycles. The van der Waals surface area contributed by atoms with E-state index >= 15 is 0 Å². The third kappa shape index (κ3) is 4.81. The highest BCUT2D eigenvalue weighted by Gasteiger charge is 2.31. The van der Waals surface area contributed by atoms with Gasteiger partial charge in [-0.05, 0) is 60.9 Å². The van der Waals surface area contributed by atoms with Crippen LogP contribution < -0.4 is 15.5 Å². The molecule has 0 bridgehead atoms. The Morgan fingerprint density at radius 1 is 1.14 bits per heavy atom. The number of benzene rings is 2. The van der Waals surface area contributed by atoms with Crippen LogP contribution in [0.25, 0.3) is 0 Å². The highest BCUT2D eigenvalue weighted by Crippen LogP contribution is 2.36. The van der Waals surface area contributed by atoms with Crippen molar-refractivity contribution in [2.75, 3.05) is 23.8 Å². The molecule has 188 valence electrons. The predicted molar refractivity (Wildman–Crippen MR) is 132 cm³/mol. The Bertz CT molecular complexity index is 1370. The summed E-state index contributed by atoms with van der Waals surface area (Å²) >= 11 is 6.36. The lowest BCUT2D eigenvalue weighted by molar-refractivity contribution is -0.117. The summed E-state index contributed by atoms with van der Waals surface area (Å²) in [4.78, 5) is 43.9. The fourth-order valence-corrected chi connectivity index (χ4v) is 4.69. The largest absolute Gasteiger partial charge is 0.352 e. The Morgan fingerprint density at radius 2 is 1.83 bits per heavy atom. The topological polar surface area (TPSA) is 96.3 Å². The number of hydrogen-bond donors (Lipinski definition) is 2. The van der Waals surface area contributed by atoms with Gasteiger partial charge in [-0.15, -0.1) is 0 Å². The lowest BCUT2D eigenvalue weighted by Crippen LogP contribution is -2.34. The fourth-order valence-electron chi connectivity index (χ4n) is 4.41. The van der Waals surface area contributed by atoms with E-state index in [-0.39, 0.29) is 29.0 Å². The number of amides is 3. The van der Waals surface area contributed by atoms with Crippen molar-refractivity contribution in [2.45, 2.75) is 32.7 Å². The average molecular weight is 516 g/mol. The number of carbonyl (C=O) groups excluding carboxylic acids is 3. The maximum atomic E-state index is 14.1. The van der Waals surface area contributed by atoms with Gasteiger partial charge in [0.25, 0.3) is 5.91 Å². The Kier molecular flexibility index (Phi) is 7.07. The maximum Gasteiger partial charge on any atom is 0.327 e. The monoisotopic (exact) mass is 515 g/mol. The van der Waals surface area contributed by atoms with Crippen molar-refractivity contribution in [3.05, 3.63) is 75.7 Å². The number of carbonyl (C=O) groups is 3. The second-order valence-electron chi connectivity index (χ2n) is 8.53. The standard InChI is InChI=1S/C25H24ClF2N5O3/c1-13(34)12-33-21(14(2)18-11-17(28)4-6-19(18)26)22(30-23(33)24(35)29-3)31-25(36)32-9-8-15-10-16(27)5-7-20(15)32/h4-7,10-11,14H,8-9,12H2,1-3H3,(H,29,35)(H,31,36)/t14-/m0/s1. The third-order valence-corrected chi connectivity index (χ3v) is 6.40. The van der Waals surface area contributed by atoms with E-state index in [0.29, 0.717) is 35.5 Å². The quantitative estimate of drug-likeness (QED) is 0.505. The van der Waals surface area contributed by atoms with Gasteiger partial charge in [0.1, 0.15) is 17.4 Å². The van der Waals surface area contributed by atoms with Crippen LogP contribution in [0.3, 0.4) is 0 Å². The molecule has 36 heavy (non-hydrogen) atoms. The molecule has 1 atom stereocenters. The number of Topliss-reactive ketones (excluding diaryl/α,β-unsaturated/α-hetero) is 1. The van der Waals surface area contributed by atoms with Crippen LogP contribution in [-0.2, 0) is 17.8 Å². The molecule has 1 aliphatic heterocycles. The molecule has 2 N–H and O–H groups in total. The molecule has 2 aromatic carbocycles. The molecule has 8 nitrogen and oxygen atoms in total. The molecule has 0 saturated heterocycles. The smallest absolute Gasteiger partial charge is 0.327 e. The zero-order valence-corrected chi connectivity index (χ0v) is 20.6. The SMILES string of the molecule is CNC(=O)c1nc(NC(=O)N2CCc3cc(F)ccc32)c([C@@H](C)c2cc(F)ccc2Cl)n1CC(C)=O. The summed E-state index contributed by atoms with van der Waals surface area (Å²) in [7, 11) is 1.42. The lowest BCUT2D eigenvalue weighted by atomic mass is 9.97. The highest BCUT2D eigenvalue weighted by molar-refractivity contribution is 6.31. The Morgan fingerprint density at radius 3 is 2.53 bits per heavy atom. The van der Waals surface area contributed by atoms with Crippen molar-refractivity contribution in [3.8, 4) is 0 Å². The first-order valence-corrected chi connectivity index (χ1v) is 11.6. The summed E-state index contributed by atoms with van der Waals surface area (Å²) in [5.74, 6) is -2.46. The number of aromatic nitrogens is 2. The number of ketones is 1. The lowest BCUT2D eigenvalue weighted by Gasteiger charge is -2.21. The molecular weight excluding hydrogens is 492 g/mol. The van der Waals surface area contributed by atoms with Crippen molar-refractivity contribution in [3.63, 3.8) is 0 Å². The van der Waals surface area contributed by atoms with E-state index in [1.807, 2.05) is 0 Å². The van der Waals surface area contributed by atoms with Gasteiger partial charge in [-0.2, -0.15) is 0 Å². The molecule has 3 aromatic rings. The van der Waals surface area contributed by atoms with Crippen LogP contribution in [0, 0.1) is 11.6 Å². The summed E-state index contributed by atoms with van der Waals surface area (Å²) in [5.41, 5.74) is 1.95. The Labute approximate surface area is 211 Å². The number of urea groups is 1. The molecule has 0 radical (unpaired) electrons. The number of imidazole rings is 1. The highest BCUT2D eigenvalue weighted by atomic mass is 35.5. The molecule has 1 aliphatic rings. The second-order valence-corrected chi connectivity index (χ2v) is 8.94. The molecule has 0 unspecified atom stereocenters. The third-order valence-electron chi connectivity index (χ3n) is 6.06. The van der Waals surface area contributed by atoms with E-state index in [9.17, 15) is 23.2 Å². The summed E-state index contributed by atoms with van der Waals surface area (Å²) in [6, 6.07) is 7.52. The molecule has 3 amide bonds. The minimum atomic E-state index is -0.659. The summed E-state index contributed by atoms with van der Waals surface area (Å²) < 4.78 is 29.1. The van der Waals surface area contributed by atoms with Crippen molar-refractivity contribution in [1.29, 1.82) is 0 Å². The number of halogens is 3. The van der Waals surface area contributed by atoms with Crippen LogP contribution in [0.5, 0.6) is 0 Å². The normalized spacial score (nSPS) is 13.3. The fraction of sp³-hybridized carbons (Fsp3) is 0.280. The van der Waals surface area contributed by atoms with Gasteiger partial charge in [0.05, 0.1) is 12.2 Å². The van der Waals surface area contributed by atoms with E-state index < -0.39 is 29.5 Å². The van der Waals surface area contributed by atoms with Crippen molar-refractivity contribution in [2.24, 2.45) is 0 Å². The zero-order chi connectivity index (χ0) is 26.1. The molecule has 1 aromatic heterocycles. The van der Waals surface area contributed by atoms with Crippen LogP contribution in [-0.4, -0.2) is 40.9 Å². The Hall–Kier alpha value is -3.79. The van der Waals surface area contributed by atoms with Gasteiger partial charge in [0.15, 0.2) is 5.82 Å². The van der Waals surface area contributed by atoms with Crippen molar-refractivity contribution >= 4 is 40.8 Å². The van der Waals surface area contributed by atoms with Crippen LogP contribution in [0.1, 0.15) is 47.2 Å². The first-order chi connectivity index (χ1) is 17.1. The van der Waals surface area contributed by atoms with Crippen LogP contribution in [0.15, 0.2) is 36.4 Å².